The van der Waals surface area contributed by atoms with Crippen LogP contribution in [0.2, 0.25) is 0 Å². The summed E-state index contributed by atoms with van der Waals surface area (Å²) in [5.41, 5.74) is 9.48. The largest absolute Gasteiger partial charge is 0.366 e. The van der Waals surface area contributed by atoms with Crippen LogP contribution in [0.15, 0.2) is 30.3 Å². The third-order valence-corrected chi connectivity index (χ3v) is 5.97. The van der Waals surface area contributed by atoms with Crippen LogP contribution in [0, 0.1) is 13.8 Å². The summed E-state index contributed by atoms with van der Waals surface area (Å²) < 4.78 is 5.14. The third-order valence-electron chi connectivity index (χ3n) is 5.97. The average molecular weight is 506 g/mol. The van der Waals surface area contributed by atoms with Crippen LogP contribution in [0.3, 0.4) is 0 Å². The zero-order chi connectivity index (χ0) is 26.7. The van der Waals surface area contributed by atoms with Gasteiger partial charge in [0, 0.05) is 31.7 Å². The molecule has 4 N–H and O–H groups in total. The van der Waals surface area contributed by atoms with E-state index in [4.69, 9.17) is 5.73 Å². The average Bonchev–Trinajstić information content (AvgIpc) is 3.55. The molecule has 0 aliphatic carbocycles. The van der Waals surface area contributed by atoms with Crippen LogP contribution in [0.1, 0.15) is 63.0 Å². The van der Waals surface area contributed by atoms with Gasteiger partial charge in [-0.05, 0) is 64.4 Å². The SMILES string of the molecule is CCn1nc(C)cc1C(=O)NCCCn1c(NC(=O)c2cc(C)nn2CC)nc2cc(C(N)=O)ccc21. The summed E-state index contributed by atoms with van der Waals surface area (Å²) in [7, 11) is 0. The van der Waals surface area contributed by atoms with Crippen LogP contribution < -0.4 is 16.4 Å². The molecule has 0 bridgehead atoms. The summed E-state index contributed by atoms with van der Waals surface area (Å²) in [5.74, 6) is -0.769. The van der Waals surface area contributed by atoms with E-state index in [1.807, 2.05) is 32.3 Å². The molecule has 0 unspecified atom stereocenters. The van der Waals surface area contributed by atoms with Gasteiger partial charge < -0.3 is 15.6 Å². The molecule has 0 spiro atoms. The summed E-state index contributed by atoms with van der Waals surface area (Å²) in [6.07, 6.45) is 0.572. The molecule has 0 aliphatic heterocycles. The molecule has 3 amide bonds. The van der Waals surface area contributed by atoms with E-state index in [9.17, 15) is 14.4 Å². The second-order valence-corrected chi connectivity index (χ2v) is 8.69. The molecule has 12 heteroatoms. The first-order valence-electron chi connectivity index (χ1n) is 12.2. The number of rotatable bonds is 10. The van der Waals surface area contributed by atoms with Crippen LogP contribution >= 0.6 is 0 Å². The van der Waals surface area contributed by atoms with E-state index in [1.54, 1.807) is 39.7 Å². The van der Waals surface area contributed by atoms with Crippen LogP contribution in [-0.2, 0) is 19.6 Å². The van der Waals surface area contributed by atoms with Crippen LogP contribution in [0.25, 0.3) is 11.0 Å². The number of fused-ring (bicyclic) bond motifs is 1. The second kappa shape index (κ2) is 10.6. The molecule has 0 radical (unpaired) electrons. The van der Waals surface area contributed by atoms with Crippen molar-refractivity contribution in [1.82, 2.24) is 34.4 Å². The van der Waals surface area contributed by atoms with E-state index in [-0.39, 0.29) is 11.8 Å². The molecule has 4 rings (SSSR count). The molecule has 194 valence electrons. The minimum Gasteiger partial charge on any atom is -0.366 e. The fourth-order valence-electron chi connectivity index (χ4n) is 4.24. The number of nitrogens with two attached hydrogens (primary N) is 1. The Balaban J connectivity index is 1.54. The van der Waals surface area contributed by atoms with Crippen molar-refractivity contribution in [3.05, 3.63) is 58.7 Å². The summed E-state index contributed by atoms with van der Waals surface area (Å²) in [6, 6.07) is 8.45. The van der Waals surface area contributed by atoms with E-state index in [1.165, 1.54) is 0 Å². The molecule has 0 saturated heterocycles. The topological polar surface area (TPSA) is 155 Å². The van der Waals surface area contributed by atoms with E-state index in [2.05, 4.69) is 25.8 Å². The lowest BCUT2D eigenvalue weighted by molar-refractivity contribution is 0.0940. The normalized spacial score (nSPS) is 11.1. The number of imidazole rings is 1. The van der Waals surface area contributed by atoms with Gasteiger partial charge in [0.2, 0.25) is 11.9 Å². The highest BCUT2D eigenvalue weighted by Crippen LogP contribution is 2.22. The Morgan fingerprint density at radius 2 is 1.54 bits per heavy atom. The van der Waals surface area contributed by atoms with Crippen LogP contribution in [0.5, 0.6) is 0 Å². The number of carbonyl (C=O) groups excluding carboxylic acids is 3. The smallest absolute Gasteiger partial charge is 0.276 e. The van der Waals surface area contributed by atoms with Gasteiger partial charge in [-0.3, -0.25) is 29.1 Å². The Labute approximate surface area is 213 Å². The lowest BCUT2D eigenvalue weighted by Crippen LogP contribution is -2.28. The molecular formula is C25H31N9O3. The molecule has 4 aromatic rings. The zero-order valence-corrected chi connectivity index (χ0v) is 21.4. The summed E-state index contributed by atoms with van der Waals surface area (Å²) in [4.78, 5) is 42.0. The second-order valence-electron chi connectivity index (χ2n) is 8.69. The third kappa shape index (κ3) is 5.37. The number of aromatic nitrogens is 6. The van der Waals surface area contributed by atoms with Crippen LogP contribution in [-0.4, -0.2) is 53.4 Å². The first kappa shape index (κ1) is 25.6. The van der Waals surface area contributed by atoms with Gasteiger partial charge in [0.15, 0.2) is 0 Å². The molecule has 1 aromatic carbocycles. The minimum atomic E-state index is -0.561. The number of carbonyl (C=O) groups is 3. The number of hydrogen-bond acceptors (Lipinski definition) is 6. The number of aryl methyl sites for hydroxylation is 5. The number of amides is 3. The number of nitrogens with zero attached hydrogens (tertiary/aromatic N) is 6. The summed E-state index contributed by atoms with van der Waals surface area (Å²) >= 11 is 0. The molecule has 0 fully saturated rings. The molecule has 0 saturated carbocycles. The van der Waals surface area contributed by atoms with Gasteiger partial charge in [-0.2, -0.15) is 10.2 Å². The standard InChI is InChI=1S/C25H31N9O3/c1-5-33-20(12-15(3)30-33)23(36)27-10-7-11-32-19-9-8-17(22(26)35)14-18(19)28-25(32)29-24(37)21-13-16(4)31-34(21)6-2/h8-9,12-14H,5-7,10-11H2,1-4H3,(H2,26,35)(H,27,36)(H,28,29,37). The Hall–Kier alpha value is -4.48. The maximum atomic E-state index is 13.1. The van der Waals surface area contributed by atoms with E-state index in [0.717, 1.165) is 16.9 Å². The molecule has 12 nitrogen and oxygen atoms in total. The Morgan fingerprint density at radius 1 is 0.919 bits per heavy atom. The van der Waals surface area contributed by atoms with Crippen molar-refractivity contribution < 1.29 is 14.4 Å². The Bertz CT molecular complexity index is 1480. The number of anilines is 1. The molecule has 3 heterocycles. The maximum absolute atomic E-state index is 13.1. The molecule has 37 heavy (non-hydrogen) atoms. The zero-order valence-electron chi connectivity index (χ0n) is 21.4. The predicted molar refractivity (Wildman–Crippen MR) is 138 cm³/mol. The van der Waals surface area contributed by atoms with Crippen molar-refractivity contribution in [2.24, 2.45) is 5.73 Å². The van der Waals surface area contributed by atoms with Gasteiger partial charge in [-0.1, -0.05) is 0 Å². The molecule has 3 aromatic heterocycles. The molecular weight excluding hydrogens is 474 g/mol. The van der Waals surface area contributed by atoms with Crippen molar-refractivity contribution in [3.63, 3.8) is 0 Å². The van der Waals surface area contributed by atoms with E-state index >= 15 is 0 Å². The van der Waals surface area contributed by atoms with Gasteiger partial charge >= 0.3 is 0 Å². The quantitative estimate of drug-likeness (QED) is 0.281. The number of nitrogens with one attached hydrogen (secondary N) is 2. The molecule has 0 atom stereocenters. The van der Waals surface area contributed by atoms with Crippen LogP contribution in [0.4, 0.5) is 5.95 Å². The monoisotopic (exact) mass is 505 g/mol. The van der Waals surface area contributed by atoms with Crippen molar-refractivity contribution in [3.8, 4) is 0 Å². The van der Waals surface area contributed by atoms with Crippen molar-refractivity contribution in [1.29, 1.82) is 0 Å². The van der Waals surface area contributed by atoms with Gasteiger partial charge in [0.05, 0.1) is 22.4 Å². The summed E-state index contributed by atoms with van der Waals surface area (Å²) in [6.45, 7) is 9.53. The number of benzene rings is 1. The summed E-state index contributed by atoms with van der Waals surface area (Å²) in [5, 5.41) is 14.5. The first-order chi connectivity index (χ1) is 17.7. The minimum absolute atomic E-state index is 0.194. The van der Waals surface area contributed by atoms with E-state index in [0.29, 0.717) is 61.0 Å². The van der Waals surface area contributed by atoms with E-state index < -0.39 is 5.91 Å². The highest BCUT2D eigenvalue weighted by Gasteiger charge is 2.19. The van der Waals surface area contributed by atoms with Gasteiger partial charge in [-0.15, -0.1) is 0 Å². The fourth-order valence-corrected chi connectivity index (χ4v) is 4.24. The van der Waals surface area contributed by atoms with Crippen molar-refractivity contribution in [2.45, 2.75) is 53.8 Å². The lowest BCUT2D eigenvalue weighted by Gasteiger charge is -2.11. The number of primary amides is 1. The molecule has 0 aliphatic rings. The van der Waals surface area contributed by atoms with Crippen molar-refractivity contribution in [2.75, 3.05) is 11.9 Å². The number of hydrogen-bond donors (Lipinski definition) is 3. The highest BCUT2D eigenvalue weighted by molar-refractivity contribution is 6.03. The van der Waals surface area contributed by atoms with Gasteiger partial charge in [-0.25, -0.2) is 4.98 Å². The fraction of sp³-hybridized carbons (Fsp3) is 0.360. The Kier molecular flexibility index (Phi) is 7.37. The van der Waals surface area contributed by atoms with Gasteiger partial charge in [0.25, 0.3) is 11.8 Å². The lowest BCUT2D eigenvalue weighted by atomic mass is 10.2. The van der Waals surface area contributed by atoms with Crippen molar-refractivity contribution >= 4 is 34.7 Å². The first-order valence-corrected chi connectivity index (χ1v) is 12.2. The Morgan fingerprint density at radius 3 is 2.14 bits per heavy atom. The van der Waals surface area contributed by atoms with Gasteiger partial charge in [0.1, 0.15) is 11.4 Å². The highest BCUT2D eigenvalue weighted by atomic mass is 16.2. The predicted octanol–water partition coefficient (Wildman–Crippen LogP) is 2.26. The maximum Gasteiger partial charge on any atom is 0.276 e.